The summed E-state index contributed by atoms with van der Waals surface area (Å²) in [6.07, 6.45) is 1.86. The van der Waals surface area contributed by atoms with Crippen molar-refractivity contribution in [3.05, 3.63) is 46.3 Å². The number of sulfonamides is 1. The van der Waals surface area contributed by atoms with Gasteiger partial charge in [-0.3, -0.25) is 9.59 Å². The summed E-state index contributed by atoms with van der Waals surface area (Å²) in [4.78, 5) is 28.1. The van der Waals surface area contributed by atoms with Gasteiger partial charge < -0.3 is 10.2 Å². The maximum Gasteiger partial charge on any atom is 0.252 e. The number of thioether (sulfide) groups is 1. The van der Waals surface area contributed by atoms with Gasteiger partial charge in [-0.05, 0) is 62.1 Å². The van der Waals surface area contributed by atoms with Crippen LogP contribution in [0.25, 0.3) is 0 Å². The van der Waals surface area contributed by atoms with Gasteiger partial charge in [-0.15, -0.1) is 23.1 Å². The molecule has 1 aromatic heterocycles. The molecule has 1 unspecified atom stereocenters. The van der Waals surface area contributed by atoms with Crippen LogP contribution in [0.5, 0.6) is 0 Å². The molecule has 172 valence electrons. The number of aryl methyl sites for hydroxylation is 2. The van der Waals surface area contributed by atoms with Crippen LogP contribution in [-0.4, -0.2) is 60.2 Å². The summed E-state index contributed by atoms with van der Waals surface area (Å²) in [5, 5.41) is 2.93. The predicted molar refractivity (Wildman–Crippen MR) is 129 cm³/mol. The molecule has 0 saturated carbocycles. The normalized spacial score (nSPS) is 19.4. The van der Waals surface area contributed by atoms with Gasteiger partial charge in [0.2, 0.25) is 11.8 Å². The molecule has 0 radical (unpaired) electrons. The fourth-order valence-electron chi connectivity index (χ4n) is 3.85. The van der Waals surface area contributed by atoms with Crippen molar-refractivity contribution in [3.63, 3.8) is 0 Å². The van der Waals surface area contributed by atoms with Crippen molar-refractivity contribution in [1.82, 2.24) is 9.21 Å². The smallest absolute Gasteiger partial charge is 0.252 e. The number of thiophene rings is 1. The molecule has 7 nitrogen and oxygen atoms in total. The minimum Gasteiger partial charge on any atom is -0.324 e. The van der Waals surface area contributed by atoms with E-state index in [4.69, 9.17) is 0 Å². The fourth-order valence-corrected chi connectivity index (χ4v) is 8.05. The third-order valence-corrected chi connectivity index (χ3v) is 10.4. The second-order valence-corrected chi connectivity index (χ2v) is 12.5. The molecule has 2 fully saturated rings. The van der Waals surface area contributed by atoms with Gasteiger partial charge in [-0.2, -0.15) is 4.31 Å². The molecule has 2 aliphatic heterocycles. The molecule has 32 heavy (non-hydrogen) atoms. The van der Waals surface area contributed by atoms with Crippen molar-refractivity contribution in [2.24, 2.45) is 0 Å². The van der Waals surface area contributed by atoms with Crippen LogP contribution in [0.15, 0.2) is 34.5 Å². The molecule has 2 aliphatic rings. The number of hydrogen-bond acceptors (Lipinski definition) is 6. The summed E-state index contributed by atoms with van der Waals surface area (Å²) in [7, 11) is -3.48. The average molecular weight is 494 g/mol. The number of carbonyl (C=O) groups excluding carboxylic acids is 2. The third-order valence-electron chi connectivity index (χ3n) is 5.90. The molecule has 4 rings (SSSR count). The van der Waals surface area contributed by atoms with E-state index in [9.17, 15) is 18.0 Å². The molecule has 2 amide bonds. The Kier molecular flexibility index (Phi) is 6.94. The quantitative estimate of drug-likeness (QED) is 0.668. The van der Waals surface area contributed by atoms with Gasteiger partial charge in [0.05, 0.1) is 12.3 Å². The highest BCUT2D eigenvalue weighted by Gasteiger charge is 2.35. The Balaban J connectivity index is 1.41. The van der Waals surface area contributed by atoms with Crippen LogP contribution in [0.1, 0.15) is 28.8 Å². The van der Waals surface area contributed by atoms with E-state index in [0.29, 0.717) is 29.6 Å². The molecule has 1 N–H and O–H groups in total. The molecule has 3 heterocycles. The van der Waals surface area contributed by atoms with E-state index in [1.165, 1.54) is 4.31 Å². The number of nitrogens with zero attached hydrogens (tertiary/aromatic N) is 2. The number of amides is 2. The van der Waals surface area contributed by atoms with Crippen LogP contribution in [0, 0.1) is 13.8 Å². The Morgan fingerprint density at radius 1 is 1.09 bits per heavy atom. The lowest BCUT2D eigenvalue weighted by atomic mass is 10.1. The molecule has 2 aromatic rings. The van der Waals surface area contributed by atoms with E-state index in [-0.39, 0.29) is 22.4 Å². The van der Waals surface area contributed by atoms with Gasteiger partial charge in [-0.25, -0.2) is 8.42 Å². The molecule has 2 saturated heterocycles. The number of benzene rings is 1. The zero-order valence-electron chi connectivity index (χ0n) is 18.2. The van der Waals surface area contributed by atoms with Gasteiger partial charge in [0, 0.05) is 29.4 Å². The van der Waals surface area contributed by atoms with Crippen molar-refractivity contribution in [2.75, 3.05) is 30.0 Å². The number of anilines is 1. The fraction of sp³-hybridized carbons (Fsp3) is 0.455. The maximum absolute atomic E-state index is 13.0. The van der Waals surface area contributed by atoms with Crippen molar-refractivity contribution in [2.45, 2.75) is 43.4 Å². The van der Waals surface area contributed by atoms with E-state index < -0.39 is 16.1 Å². The first-order chi connectivity index (χ1) is 15.3. The van der Waals surface area contributed by atoms with Crippen LogP contribution < -0.4 is 5.32 Å². The van der Waals surface area contributed by atoms with Gasteiger partial charge in [-0.1, -0.05) is 6.07 Å². The van der Waals surface area contributed by atoms with E-state index in [1.807, 2.05) is 32.0 Å². The van der Waals surface area contributed by atoms with Crippen molar-refractivity contribution in [1.29, 1.82) is 0 Å². The molecule has 0 aliphatic carbocycles. The number of carbonyl (C=O) groups is 2. The van der Waals surface area contributed by atoms with Crippen LogP contribution in [0.3, 0.4) is 0 Å². The Hall–Kier alpha value is -1.88. The summed E-state index contributed by atoms with van der Waals surface area (Å²) in [5.74, 6) is 0.632. The molecular formula is C22H27N3O4S3. The van der Waals surface area contributed by atoms with Crippen LogP contribution in [0.2, 0.25) is 0 Å². The van der Waals surface area contributed by atoms with Crippen LogP contribution in [-0.2, 0) is 26.0 Å². The lowest BCUT2D eigenvalue weighted by Gasteiger charge is -2.23. The first-order valence-electron chi connectivity index (χ1n) is 10.6. The van der Waals surface area contributed by atoms with E-state index in [1.54, 1.807) is 28.8 Å². The van der Waals surface area contributed by atoms with Gasteiger partial charge >= 0.3 is 0 Å². The lowest BCUT2D eigenvalue weighted by Crippen LogP contribution is -2.45. The Labute approximate surface area is 197 Å². The van der Waals surface area contributed by atoms with E-state index in [2.05, 4.69) is 5.32 Å². The van der Waals surface area contributed by atoms with E-state index in [0.717, 1.165) is 41.0 Å². The van der Waals surface area contributed by atoms with Crippen molar-refractivity contribution >= 4 is 50.6 Å². The first-order valence-corrected chi connectivity index (χ1v) is 14.0. The molecule has 1 atom stereocenters. The molecule has 0 bridgehead atoms. The predicted octanol–water partition coefficient (Wildman–Crippen LogP) is 3.23. The third kappa shape index (κ3) is 4.88. The highest BCUT2D eigenvalue weighted by Crippen LogP contribution is 2.29. The average Bonchev–Trinajstić information content (AvgIpc) is 3.52. The highest BCUT2D eigenvalue weighted by atomic mass is 32.2. The monoisotopic (exact) mass is 493 g/mol. The van der Waals surface area contributed by atoms with E-state index >= 15 is 0 Å². The molecule has 0 spiro atoms. The Bertz CT molecular complexity index is 1120. The lowest BCUT2D eigenvalue weighted by molar-refractivity contribution is -0.135. The van der Waals surface area contributed by atoms with Crippen LogP contribution in [0.4, 0.5) is 5.69 Å². The van der Waals surface area contributed by atoms with Crippen molar-refractivity contribution in [3.8, 4) is 0 Å². The second kappa shape index (κ2) is 9.54. The largest absolute Gasteiger partial charge is 0.324 e. The maximum atomic E-state index is 13.0. The minimum absolute atomic E-state index is 0.0914. The minimum atomic E-state index is -3.48. The summed E-state index contributed by atoms with van der Waals surface area (Å²) in [5.41, 5.74) is 2.96. The zero-order chi connectivity index (χ0) is 22.9. The summed E-state index contributed by atoms with van der Waals surface area (Å²) in [6, 6.07) is 8.50. The highest BCUT2D eigenvalue weighted by molar-refractivity contribution is 7.99. The number of hydrogen-bond donors (Lipinski definition) is 1. The van der Waals surface area contributed by atoms with Gasteiger partial charge in [0.1, 0.15) is 10.3 Å². The van der Waals surface area contributed by atoms with Gasteiger partial charge in [0.15, 0.2) is 0 Å². The van der Waals surface area contributed by atoms with Crippen molar-refractivity contribution < 1.29 is 18.0 Å². The number of nitrogens with one attached hydrogen (secondary N) is 1. The Morgan fingerprint density at radius 2 is 1.84 bits per heavy atom. The number of rotatable bonds is 6. The van der Waals surface area contributed by atoms with Gasteiger partial charge in [0.25, 0.3) is 10.0 Å². The summed E-state index contributed by atoms with van der Waals surface area (Å²) < 4.78 is 27.3. The SMILES string of the molecule is Cc1ccc(NC(=O)C2CSCN2C(=O)Cc2ccc(S(=O)(=O)N3CCCC3)s2)cc1C. The van der Waals surface area contributed by atoms with Crippen LogP contribution >= 0.6 is 23.1 Å². The molecule has 1 aromatic carbocycles. The zero-order valence-corrected chi connectivity index (χ0v) is 20.6. The standard InChI is InChI=1S/C22H27N3O4S3/c1-15-5-6-17(11-16(15)2)23-22(27)19-13-30-14-25(19)20(26)12-18-7-8-21(31-18)32(28,29)24-9-3-4-10-24/h5-8,11,19H,3-4,9-10,12-14H2,1-2H3,(H,23,27). The topological polar surface area (TPSA) is 86.8 Å². The summed E-state index contributed by atoms with van der Waals surface area (Å²) >= 11 is 2.69. The summed E-state index contributed by atoms with van der Waals surface area (Å²) in [6.45, 7) is 5.11. The second-order valence-electron chi connectivity index (χ2n) is 8.18. The molecule has 10 heteroatoms. The first kappa shape index (κ1) is 23.3. The Morgan fingerprint density at radius 3 is 2.56 bits per heavy atom. The molecular weight excluding hydrogens is 466 g/mol.